The Morgan fingerprint density at radius 3 is 2.68 bits per heavy atom. The molecule has 1 atom stereocenters. The van der Waals surface area contributed by atoms with Gasteiger partial charge in [0.05, 0.1) is 12.8 Å². The Labute approximate surface area is 125 Å². The standard InChI is InChI=1S/C14H16F3N3O2/c15-14(16,17)22-11-6-4-10(5-7-11)20-13(18)19-9-12-3-1-2-8-21-12/h2,4-8,12H,1,3,9H2,(H3,18,19,20). The summed E-state index contributed by atoms with van der Waals surface area (Å²) in [5.41, 5.74) is 6.23. The van der Waals surface area contributed by atoms with Crippen LogP contribution in [-0.4, -0.2) is 25.0 Å². The van der Waals surface area contributed by atoms with Gasteiger partial charge in [-0.3, -0.25) is 0 Å². The number of ether oxygens (including phenoxy) is 2. The van der Waals surface area contributed by atoms with E-state index in [4.69, 9.17) is 10.5 Å². The van der Waals surface area contributed by atoms with Crippen molar-refractivity contribution < 1.29 is 22.6 Å². The summed E-state index contributed by atoms with van der Waals surface area (Å²) >= 11 is 0. The summed E-state index contributed by atoms with van der Waals surface area (Å²) in [7, 11) is 0. The predicted octanol–water partition coefficient (Wildman–Crippen LogP) is 3.00. The smallest absolute Gasteiger partial charge is 0.496 e. The molecule has 1 heterocycles. The number of alkyl halides is 3. The maximum Gasteiger partial charge on any atom is 0.573 e. The highest BCUT2D eigenvalue weighted by molar-refractivity contribution is 5.92. The monoisotopic (exact) mass is 315 g/mol. The number of hydrogen-bond acceptors (Lipinski definition) is 3. The molecule has 0 saturated heterocycles. The van der Waals surface area contributed by atoms with Gasteiger partial charge in [-0.15, -0.1) is 13.2 Å². The number of hydrogen-bond donors (Lipinski definition) is 2. The summed E-state index contributed by atoms with van der Waals surface area (Å²) in [6.45, 7) is 0.415. The Balaban J connectivity index is 1.85. The van der Waals surface area contributed by atoms with Crippen molar-refractivity contribution in [2.75, 3.05) is 11.9 Å². The van der Waals surface area contributed by atoms with E-state index in [0.29, 0.717) is 12.2 Å². The first-order chi connectivity index (χ1) is 10.4. The molecule has 3 N–H and O–H groups in total. The molecule has 0 spiro atoms. The fraction of sp³-hybridized carbons (Fsp3) is 0.357. The molecule has 0 amide bonds. The van der Waals surface area contributed by atoms with Crippen LogP contribution in [0.3, 0.4) is 0 Å². The molecule has 5 nitrogen and oxygen atoms in total. The first kappa shape index (κ1) is 16.0. The van der Waals surface area contributed by atoms with Gasteiger partial charge in [-0.1, -0.05) is 0 Å². The molecule has 1 aromatic rings. The van der Waals surface area contributed by atoms with E-state index in [1.165, 1.54) is 24.3 Å². The van der Waals surface area contributed by atoms with E-state index in [0.717, 1.165) is 12.8 Å². The topological polar surface area (TPSA) is 68.9 Å². The van der Waals surface area contributed by atoms with Crippen LogP contribution in [-0.2, 0) is 4.74 Å². The van der Waals surface area contributed by atoms with Crippen molar-refractivity contribution in [3.8, 4) is 5.75 Å². The Bertz CT molecular complexity index is 541. The van der Waals surface area contributed by atoms with E-state index < -0.39 is 6.36 Å². The van der Waals surface area contributed by atoms with Crippen LogP contribution in [0.1, 0.15) is 12.8 Å². The molecule has 0 fully saturated rings. The van der Waals surface area contributed by atoms with Gasteiger partial charge in [-0.05, 0) is 43.2 Å². The van der Waals surface area contributed by atoms with Gasteiger partial charge in [0, 0.05) is 5.69 Å². The van der Waals surface area contributed by atoms with E-state index in [2.05, 4.69) is 15.0 Å². The average Bonchev–Trinajstić information content (AvgIpc) is 2.47. The van der Waals surface area contributed by atoms with E-state index in [1.807, 2.05) is 6.08 Å². The lowest BCUT2D eigenvalue weighted by Gasteiger charge is -2.17. The van der Waals surface area contributed by atoms with E-state index in [-0.39, 0.29) is 17.8 Å². The first-order valence-corrected chi connectivity index (χ1v) is 6.65. The number of rotatable bonds is 4. The SMILES string of the molecule is NC(=NCC1CCC=CO1)Nc1ccc(OC(F)(F)F)cc1. The summed E-state index contributed by atoms with van der Waals surface area (Å²) in [6, 6.07) is 5.23. The first-order valence-electron chi connectivity index (χ1n) is 6.65. The van der Waals surface area contributed by atoms with Crippen molar-refractivity contribution >= 4 is 11.6 Å². The van der Waals surface area contributed by atoms with Crippen LogP contribution in [0.2, 0.25) is 0 Å². The second kappa shape index (κ2) is 7.06. The molecule has 1 unspecified atom stereocenters. The van der Waals surface area contributed by atoms with Crippen LogP contribution >= 0.6 is 0 Å². The third kappa shape index (κ3) is 5.55. The second-order valence-electron chi connectivity index (χ2n) is 4.63. The molecule has 8 heteroatoms. The van der Waals surface area contributed by atoms with Crippen molar-refractivity contribution in [2.24, 2.45) is 10.7 Å². The molecule has 22 heavy (non-hydrogen) atoms. The van der Waals surface area contributed by atoms with Crippen LogP contribution in [0.25, 0.3) is 0 Å². The molecule has 0 saturated carbocycles. The number of nitrogens with two attached hydrogens (primary N) is 1. The number of allylic oxidation sites excluding steroid dienone is 1. The number of nitrogens with one attached hydrogen (secondary N) is 1. The van der Waals surface area contributed by atoms with Gasteiger partial charge in [0.25, 0.3) is 0 Å². The van der Waals surface area contributed by atoms with Crippen LogP contribution < -0.4 is 15.8 Å². The molecule has 2 rings (SSSR count). The van der Waals surface area contributed by atoms with E-state index in [9.17, 15) is 13.2 Å². The molecular weight excluding hydrogens is 299 g/mol. The number of halogens is 3. The van der Waals surface area contributed by atoms with Gasteiger partial charge in [-0.2, -0.15) is 0 Å². The quantitative estimate of drug-likeness (QED) is 0.662. The lowest BCUT2D eigenvalue weighted by atomic mass is 10.2. The molecular formula is C14H16F3N3O2. The summed E-state index contributed by atoms with van der Waals surface area (Å²) in [5, 5.41) is 2.79. The van der Waals surface area contributed by atoms with Gasteiger partial charge in [0.1, 0.15) is 11.9 Å². The second-order valence-corrected chi connectivity index (χ2v) is 4.63. The third-order valence-corrected chi connectivity index (χ3v) is 2.85. The van der Waals surface area contributed by atoms with Crippen LogP contribution in [0.5, 0.6) is 5.75 Å². The number of benzene rings is 1. The van der Waals surface area contributed by atoms with Crippen LogP contribution in [0.15, 0.2) is 41.6 Å². The number of nitrogens with zero attached hydrogens (tertiary/aromatic N) is 1. The Kier molecular flexibility index (Phi) is 5.13. The van der Waals surface area contributed by atoms with Crippen molar-refractivity contribution in [3.05, 3.63) is 36.6 Å². The summed E-state index contributed by atoms with van der Waals surface area (Å²) in [5.74, 6) is -0.126. The van der Waals surface area contributed by atoms with E-state index in [1.54, 1.807) is 6.26 Å². The lowest BCUT2D eigenvalue weighted by molar-refractivity contribution is -0.274. The minimum atomic E-state index is -4.70. The molecule has 1 aromatic carbocycles. The zero-order chi connectivity index (χ0) is 16.0. The fourth-order valence-electron chi connectivity index (χ4n) is 1.85. The maximum absolute atomic E-state index is 12.0. The van der Waals surface area contributed by atoms with Gasteiger partial charge < -0.3 is 20.5 Å². The number of anilines is 1. The van der Waals surface area contributed by atoms with Gasteiger partial charge in [0.15, 0.2) is 5.96 Å². The van der Waals surface area contributed by atoms with Gasteiger partial charge >= 0.3 is 6.36 Å². The van der Waals surface area contributed by atoms with Crippen molar-refractivity contribution in [1.82, 2.24) is 0 Å². The highest BCUT2D eigenvalue weighted by Crippen LogP contribution is 2.23. The lowest BCUT2D eigenvalue weighted by Crippen LogP contribution is -2.25. The average molecular weight is 315 g/mol. The van der Waals surface area contributed by atoms with Crippen LogP contribution in [0.4, 0.5) is 18.9 Å². The molecule has 0 aliphatic carbocycles. The normalized spacial score (nSPS) is 18.7. The molecule has 0 aromatic heterocycles. The summed E-state index contributed by atoms with van der Waals surface area (Å²) in [4.78, 5) is 4.14. The Hall–Kier alpha value is -2.38. The van der Waals surface area contributed by atoms with Crippen molar-refractivity contribution in [1.29, 1.82) is 0 Å². The molecule has 120 valence electrons. The fourth-order valence-corrected chi connectivity index (χ4v) is 1.85. The number of aliphatic imine (C=N–C) groups is 1. The zero-order valence-corrected chi connectivity index (χ0v) is 11.6. The minimum absolute atomic E-state index is 0.00656. The highest BCUT2D eigenvalue weighted by Gasteiger charge is 2.30. The molecule has 0 bridgehead atoms. The maximum atomic E-state index is 12.0. The van der Waals surface area contributed by atoms with Crippen molar-refractivity contribution in [3.63, 3.8) is 0 Å². The van der Waals surface area contributed by atoms with E-state index >= 15 is 0 Å². The molecule has 1 aliphatic rings. The van der Waals surface area contributed by atoms with Crippen LogP contribution in [0, 0.1) is 0 Å². The minimum Gasteiger partial charge on any atom is -0.496 e. The summed E-state index contributed by atoms with van der Waals surface area (Å²) < 4.78 is 45.2. The Morgan fingerprint density at radius 1 is 1.36 bits per heavy atom. The highest BCUT2D eigenvalue weighted by atomic mass is 19.4. The molecule has 1 aliphatic heterocycles. The Morgan fingerprint density at radius 2 is 2.09 bits per heavy atom. The number of guanidine groups is 1. The third-order valence-electron chi connectivity index (χ3n) is 2.85. The predicted molar refractivity (Wildman–Crippen MR) is 76.5 cm³/mol. The summed E-state index contributed by atoms with van der Waals surface area (Å²) in [6.07, 6.45) is 0.682. The van der Waals surface area contributed by atoms with Gasteiger partial charge in [-0.25, -0.2) is 4.99 Å². The zero-order valence-electron chi connectivity index (χ0n) is 11.6. The van der Waals surface area contributed by atoms with Crippen molar-refractivity contribution in [2.45, 2.75) is 25.3 Å². The largest absolute Gasteiger partial charge is 0.573 e. The van der Waals surface area contributed by atoms with Gasteiger partial charge in [0.2, 0.25) is 0 Å². The molecule has 0 radical (unpaired) electrons.